The van der Waals surface area contributed by atoms with Crippen molar-refractivity contribution in [3.05, 3.63) is 65.2 Å². The highest BCUT2D eigenvalue weighted by molar-refractivity contribution is 5.94. The second-order valence-electron chi connectivity index (χ2n) is 6.29. The predicted octanol–water partition coefficient (Wildman–Crippen LogP) is 2.68. The van der Waals surface area contributed by atoms with E-state index < -0.39 is 0 Å². The van der Waals surface area contributed by atoms with Gasteiger partial charge in [0.2, 0.25) is 0 Å². The number of hydrogen-bond donors (Lipinski definition) is 1. The van der Waals surface area contributed by atoms with Gasteiger partial charge in [0.05, 0.1) is 26.0 Å². The topological polar surface area (TPSA) is 63.2 Å². The summed E-state index contributed by atoms with van der Waals surface area (Å²) >= 11 is 0. The Hall–Kier alpha value is -2.70. The number of carbonyl (C=O) groups is 1. The second-order valence-corrected chi connectivity index (χ2v) is 6.29. The molecule has 0 bridgehead atoms. The molecule has 2 aromatic carbocycles. The number of nitrogens with one attached hydrogen (secondary N) is 1. The van der Waals surface area contributed by atoms with E-state index in [-0.39, 0.29) is 5.91 Å². The van der Waals surface area contributed by atoms with Gasteiger partial charge in [-0.05, 0) is 54.4 Å². The Morgan fingerprint density at radius 1 is 1.15 bits per heavy atom. The largest absolute Gasteiger partial charge is 0.494 e. The lowest BCUT2D eigenvalue weighted by atomic mass is 10.1. The smallest absolute Gasteiger partial charge is 0.271 e. The first-order valence-electron chi connectivity index (χ1n) is 9.20. The summed E-state index contributed by atoms with van der Waals surface area (Å²) in [6.45, 7) is 6.92. The van der Waals surface area contributed by atoms with Gasteiger partial charge in [-0.3, -0.25) is 9.69 Å². The normalized spacial score (nSPS) is 15.0. The summed E-state index contributed by atoms with van der Waals surface area (Å²) in [5, 5.41) is 4.02. The van der Waals surface area contributed by atoms with Gasteiger partial charge in [0.15, 0.2) is 0 Å². The average molecular weight is 367 g/mol. The van der Waals surface area contributed by atoms with E-state index >= 15 is 0 Å². The molecule has 142 valence electrons. The van der Waals surface area contributed by atoms with Crippen LogP contribution in [0.15, 0.2) is 53.6 Å². The first-order valence-corrected chi connectivity index (χ1v) is 9.20. The first kappa shape index (κ1) is 19.1. The molecule has 1 N–H and O–H groups in total. The summed E-state index contributed by atoms with van der Waals surface area (Å²) in [7, 11) is 0. The van der Waals surface area contributed by atoms with Crippen molar-refractivity contribution in [2.45, 2.75) is 13.5 Å². The molecule has 27 heavy (non-hydrogen) atoms. The van der Waals surface area contributed by atoms with Gasteiger partial charge in [-0.25, -0.2) is 5.43 Å². The van der Waals surface area contributed by atoms with E-state index in [0.717, 1.165) is 44.2 Å². The SMILES string of the molecule is CCOc1ccc(/C=N/NC(=O)c2ccc(CN3CCOCC3)cc2)cc1. The standard InChI is InChI=1S/C21H25N3O3/c1-2-27-20-9-5-17(6-10-20)15-22-23-21(25)19-7-3-18(4-8-19)16-24-11-13-26-14-12-24/h3-10,15H,2,11-14,16H2,1H3,(H,23,25)/b22-15+. The van der Waals surface area contributed by atoms with Gasteiger partial charge >= 0.3 is 0 Å². The number of hydrazone groups is 1. The van der Waals surface area contributed by atoms with Crippen LogP contribution in [0.3, 0.4) is 0 Å². The molecule has 0 aromatic heterocycles. The van der Waals surface area contributed by atoms with Crippen LogP contribution in [0, 0.1) is 0 Å². The fraction of sp³-hybridized carbons (Fsp3) is 0.333. The molecule has 1 aliphatic rings. The molecule has 0 aliphatic carbocycles. The zero-order chi connectivity index (χ0) is 18.9. The Morgan fingerprint density at radius 2 is 1.85 bits per heavy atom. The molecule has 0 radical (unpaired) electrons. The van der Waals surface area contributed by atoms with Crippen LogP contribution in [0.1, 0.15) is 28.4 Å². The monoisotopic (exact) mass is 367 g/mol. The van der Waals surface area contributed by atoms with Crippen LogP contribution in [0.25, 0.3) is 0 Å². The van der Waals surface area contributed by atoms with Crippen LogP contribution in [-0.4, -0.2) is 49.9 Å². The first-order chi connectivity index (χ1) is 13.2. The number of rotatable bonds is 7. The Morgan fingerprint density at radius 3 is 2.52 bits per heavy atom. The summed E-state index contributed by atoms with van der Waals surface area (Å²) < 4.78 is 10.8. The molecule has 0 unspecified atom stereocenters. The van der Waals surface area contributed by atoms with Crippen LogP contribution in [0.5, 0.6) is 5.75 Å². The summed E-state index contributed by atoms with van der Waals surface area (Å²) in [5.41, 5.74) is 5.22. The zero-order valence-electron chi connectivity index (χ0n) is 15.6. The van der Waals surface area contributed by atoms with Crippen molar-refractivity contribution in [2.75, 3.05) is 32.9 Å². The second kappa shape index (κ2) is 9.85. The maximum atomic E-state index is 12.2. The minimum atomic E-state index is -0.227. The van der Waals surface area contributed by atoms with E-state index in [4.69, 9.17) is 9.47 Å². The molecule has 0 spiro atoms. The van der Waals surface area contributed by atoms with Crippen LogP contribution in [0.4, 0.5) is 0 Å². The number of amides is 1. The highest BCUT2D eigenvalue weighted by Crippen LogP contribution is 2.11. The Kier molecular flexibility index (Phi) is 6.96. The minimum Gasteiger partial charge on any atom is -0.494 e. The van der Waals surface area contributed by atoms with Crippen LogP contribution in [-0.2, 0) is 11.3 Å². The van der Waals surface area contributed by atoms with Crippen molar-refractivity contribution in [1.82, 2.24) is 10.3 Å². The quantitative estimate of drug-likeness (QED) is 0.604. The summed E-state index contributed by atoms with van der Waals surface area (Å²) in [5.74, 6) is 0.589. The predicted molar refractivity (Wildman–Crippen MR) is 105 cm³/mol. The van der Waals surface area contributed by atoms with Crippen molar-refractivity contribution in [1.29, 1.82) is 0 Å². The fourth-order valence-electron chi connectivity index (χ4n) is 2.83. The van der Waals surface area contributed by atoms with Gasteiger partial charge in [-0.1, -0.05) is 12.1 Å². The number of morpholine rings is 1. The highest BCUT2D eigenvalue weighted by Gasteiger charge is 2.11. The molecule has 1 amide bonds. The molecule has 6 heteroatoms. The molecule has 6 nitrogen and oxygen atoms in total. The van der Waals surface area contributed by atoms with Crippen LogP contribution < -0.4 is 10.2 Å². The third-order valence-electron chi connectivity index (χ3n) is 4.30. The number of benzene rings is 2. The maximum absolute atomic E-state index is 12.2. The lowest BCUT2D eigenvalue weighted by Crippen LogP contribution is -2.35. The Bertz CT molecular complexity index is 751. The number of ether oxygens (including phenoxy) is 2. The number of carbonyl (C=O) groups excluding carboxylic acids is 1. The summed E-state index contributed by atoms with van der Waals surface area (Å²) in [6.07, 6.45) is 1.61. The maximum Gasteiger partial charge on any atom is 0.271 e. The van der Waals surface area contributed by atoms with Gasteiger partial charge in [-0.2, -0.15) is 5.10 Å². The molecule has 2 aromatic rings. The number of nitrogens with zero attached hydrogens (tertiary/aromatic N) is 2. The lowest BCUT2D eigenvalue weighted by molar-refractivity contribution is 0.0342. The number of hydrogen-bond acceptors (Lipinski definition) is 5. The van der Waals surface area contributed by atoms with Gasteiger partial charge in [0.1, 0.15) is 5.75 Å². The summed E-state index contributed by atoms with van der Waals surface area (Å²) in [6, 6.07) is 15.2. The van der Waals surface area contributed by atoms with E-state index in [1.807, 2.05) is 55.5 Å². The Labute approximate surface area is 159 Å². The molecule has 0 saturated carbocycles. The van der Waals surface area contributed by atoms with Crippen LogP contribution >= 0.6 is 0 Å². The van der Waals surface area contributed by atoms with E-state index in [9.17, 15) is 4.79 Å². The molecule has 1 aliphatic heterocycles. The minimum absolute atomic E-state index is 0.227. The van der Waals surface area contributed by atoms with Crippen molar-refractivity contribution in [3.8, 4) is 5.75 Å². The van der Waals surface area contributed by atoms with Gasteiger partial charge < -0.3 is 9.47 Å². The van der Waals surface area contributed by atoms with E-state index in [1.54, 1.807) is 6.21 Å². The van der Waals surface area contributed by atoms with Gasteiger partial charge in [0.25, 0.3) is 5.91 Å². The van der Waals surface area contributed by atoms with Crippen molar-refractivity contribution < 1.29 is 14.3 Å². The highest BCUT2D eigenvalue weighted by atomic mass is 16.5. The average Bonchev–Trinajstić information content (AvgIpc) is 2.71. The van der Waals surface area contributed by atoms with E-state index in [0.29, 0.717) is 12.2 Å². The molecule has 1 fully saturated rings. The molecule has 3 rings (SSSR count). The third-order valence-corrected chi connectivity index (χ3v) is 4.30. The molecule has 1 saturated heterocycles. The van der Waals surface area contributed by atoms with Gasteiger partial charge in [-0.15, -0.1) is 0 Å². The van der Waals surface area contributed by atoms with Crippen molar-refractivity contribution in [3.63, 3.8) is 0 Å². The van der Waals surface area contributed by atoms with Crippen molar-refractivity contribution in [2.24, 2.45) is 5.10 Å². The van der Waals surface area contributed by atoms with E-state index in [2.05, 4.69) is 15.4 Å². The summed E-state index contributed by atoms with van der Waals surface area (Å²) in [4.78, 5) is 14.6. The zero-order valence-corrected chi connectivity index (χ0v) is 15.6. The lowest BCUT2D eigenvalue weighted by Gasteiger charge is -2.26. The third kappa shape index (κ3) is 5.91. The van der Waals surface area contributed by atoms with E-state index in [1.165, 1.54) is 5.56 Å². The molecular weight excluding hydrogens is 342 g/mol. The van der Waals surface area contributed by atoms with Gasteiger partial charge in [0, 0.05) is 25.2 Å². The Balaban J connectivity index is 1.49. The molecular formula is C21H25N3O3. The fourth-order valence-corrected chi connectivity index (χ4v) is 2.83. The molecule has 0 atom stereocenters. The molecule has 1 heterocycles. The van der Waals surface area contributed by atoms with Crippen molar-refractivity contribution >= 4 is 12.1 Å². The van der Waals surface area contributed by atoms with Crippen LogP contribution in [0.2, 0.25) is 0 Å².